The van der Waals surface area contributed by atoms with Gasteiger partial charge in [-0.1, -0.05) is 24.3 Å². The van der Waals surface area contributed by atoms with Crippen LogP contribution in [-0.4, -0.2) is 29.6 Å². The molecule has 3 aromatic carbocycles. The molecule has 0 atom stereocenters. The molecule has 8 heteroatoms. The number of methoxy groups -OCH3 is 1. The van der Waals surface area contributed by atoms with Gasteiger partial charge in [0.25, 0.3) is 11.8 Å². The summed E-state index contributed by atoms with van der Waals surface area (Å²) < 4.78 is 12.7. The number of hydrogen-bond acceptors (Lipinski definition) is 5. The highest BCUT2D eigenvalue weighted by Crippen LogP contribution is 2.29. The Bertz CT molecular complexity index is 1380. The number of aromatic nitrogens is 1. The number of rotatable bonds is 6. The van der Waals surface area contributed by atoms with Gasteiger partial charge in [0.05, 0.1) is 24.2 Å². The van der Waals surface area contributed by atoms with Crippen molar-refractivity contribution < 1.29 is 19.1 Å². The number of benzene rings is 3. The van der Waals surface area contributed by atoms with Crippen LogP contribution in [-0.2, 0) is 11.3 Å². The molecule has 0 radical (unpaired) electrons. The molecule has 8 nitrogen and oxygen atoms in total. The third-order valence-corrected chi connectivity index (χ3v) is 5.28. The fourth-order valence-corrected chi connectivity index (χ4v) is 3.79. The Morgan fingerprint density at radius 2 is 1.50 bits per heavy atom. The lowest BCUT2D eigenvalue weighted by Crippen LogP contribution is -2.43. The Balaban J connectivity index is 1.53. The first-order chi connectivity index (χ1) is 16.4. The predicted molar refractivity (Wildman–Crippen MR) is 130 cm³/mol. The molecule has 2 N–H and O–H groups in total. The van der Waals surface area contributed by atoms with Gasteiger partial charge in [-0.25, -0.2) is 0 Å². The summed E-state index contributed by atoms with van der Waals surface area (Å²) in [5, 5.41) is 1.04. The second-order valence-electron chi connectivity index (χ2n) is 7.98. The average molecular weight is 460 g/mol. The summed E-state index contributed by atoms with van der Waals surface area (Å²) in [6.07, 6.45) is -0.0480. The van der Waals surface area contributed by atoms with E-state index in [0.717, 1.165) is 0 Å². The fraction of sp³-hybridized carbons (Fsp3) is 0.192. The van der Waals surface area contributed by atoms with E-state index >= 15 is 0 Å². The van der Waals surface area contributed by atoms with E-state index in [9.17, 15) is 14.4 Å². The maximum absolute atomic E-state index is 12.8. The van der Waals surface area contributed by atoms with E-state index in [1.54, 1.807) is 59.2 Å². The summed E-state index contributed by atoms with van der Waals surface area (Å²) in [6.45, 7) is 3.70. The van der Waals surface area contributed by atoms with Crippen LogP contribution in [0.4, 0.5) is 0 Å². The first-order valence-corrected chi connectivity index (χ1v) is 10.8. The standard InChI is InChI=1S/C26H25N3O5/c1-16(2)34-22-13-12-17(14-23(22)33-3)26(32)28-27-24(30)15-29-20-10-6-4-8-18(20)25(31)19-9-5-7-11-21(19)29/h4-14,16H,15H2,1-3H3,(H,27,30)(H,28,32). The first kappa shape index (κ1) is 22.8. The summed E-state index contributed by atoms with van der Waals surface area (Å²) >= 11 is 0. The second-order valence-corrected chi connectivity index (χ2v) is 7.98. The van der Waals surface area contributed by atoms with Crippen LogP contribution in [0.15, 0.2) is 71.5 Å². The molecule has 174 valence electrons. The highest BCUT2D eigenvalue weighted by molar-refractivity contribution is 5.97. The van der Waals surface area contributed by atoms with Crippen LogP contribution in [0.1, 0.15) is 24.2 Å². The lowest BCUT2D eigenvalue weighted by molar-refractivity contribution is -0.122. The number of para-hydroxylation sites is 2. The van der Waals surface area contributed by atoms with Gasteiger partial charge < -0.3 is 14.0 Å². The number of carbonyl (C=O) groups is 2. The van der Waals surface area contributed by atoms with Crippen LogP contribution < -0.4 is 25.8 Å². The van der Waals surface area contributed by atoms with Crippen molar-refractivity contribution in [2.75, 3.05) is 7.11 Å². The minimum Gasteiger partial charge on any atom is -0.493 e. The van der Waals surface area contributed by atoms with Crippen LogP contribution in [0.25, 0.3) is 21.8 Å². The SMILES string of the molecule is COc1cc(C(=O)NNC(=O)Cn2c3ccccc3c(=O)c3ccccc32)ccc1OC(C)C. The average Bonchev–Trinajstić information content (AvgIpc) is 2.85. The summed E-state index contributed by atoms with van der Waals surface area (Å²) in [5.74, 6) is -0.00895. The normalized spacial score (nSPS) is 10.9. The lowest BCUT2D eigenvalue weighted by Gasteiger charge is -2.16. The summed E-state index contributed by atoms with van der Waals surface area (Å²) in [6, 6.07) is 19.0. The molecule has 34 heavy (non-hydrogen) atoms. The minimum atomic E-state index is -0.502. The maximum atomic E-state index is 12.8. The van der Waals surface area contributed by atoms with Crippen molar-refractivity contribution in [2.24, 2.45) is 0 Å². The van der Waals surface area contributed by atoms with Crippen LogP contribution in [0, 0.1) is 0 Å². The van der Waals surface area contributed by atoms with Gasteiger partial charge in [0.15, 0.2) is 16.9 Å². The van der Waals surface area contributed by atoms with Crippen LogP contribution in [0.3, 0.4) is 0 Å². The van der Waals surface area contributed by atoms with E-state index in [1.165, 1.54) is 7.11 Å². The Morgan fingerprint density at radius 1 is 0.882 bits per heavy atom. The van der Waals surface area contributed by atoms with E-state index in [0.29, 0.717) is 38.9 Å². The molecule has 0 aliphatic heterocycles. The van der Waals surface area contributed by atoms with E-state index in [2.05, 4.69) is 10.9 Å². The minimum absolute atomic E-state index is 0.0480. The van der Waals surface area contributed by atoms with E-state index in [-0.39, 0.29) is 18.1 Å². The van der Waals surface area contributed by atoms with Gasteiger partial charge in [-0.05, 0) is 56.3 Å². The zero-order chi connectivity index (χ0) is 24.2. The maximum Gasteiger partial charge on any atom is 0.269 e. The molecule has 0 bridgehead atoms. The smallest absolute Gasteiger partial charge is 0.269 e. The molecule has 0 aliphatic rings. The van der Waals surface area contributed by atoms with Crippen molar-refractivity contribution in [3.63, 3.8) is 0 Å². The Labute approximate surface area is 196 Å². The van der Waals surface area contributed by atoms with E-state index < -0.39 is 11.8 Å². The summed E-state index contributed by atoms with van der Waals surface area (Å²) in [4.78, 5) is 38.2. The molecule has 2 amide bonds. The van der Waals surface area contributed by atoms with Gasteiger partial charge in [-0.3, -0.25) is 25.2 Å². The molecule has 1 heterocycles. The number of nitrogens with one attached hydrogen (secondary N) is 2. The first-order valence-electron chi connectivity index (χ1n) is 10.8. The summed E-state index contributed by atoms with van der Waals surface area (Å²) in [7, 11) is 1.49. The number of hydrogen-bond donors (Lipinski definition) is 2. The number of pyridine rings is 1. The highest BCUT2D eigenvalue weighted by Gasteiger charge is 2.15. The number of hydrazine groups is 1. The Kier molecular flexibility index (Phi) is 6.49. The molecule has 4 aromatic rings. The van der Waals surface area contributed by atoms with Gasteiger partial charge in [-0.15, -0.1) is 0 Å². The summed E-state index contributed by atoms with van der Waals surface area (Å²) in [5.41, 5.74) is 6.36. The molecular formula is C26H25N3O5. The molecule has 4 rings (SSSR count). The second kappa shape index (κ2) is 9.66. The fourth-order valence-electron chi connectivity index (χ4n) is 3.79. The van der Waals surface area contributed by atoms with E-state index in [4.69, 9.17) is 9.47 Å². The number of ether oxygens (including phenoxy) is 2. The monoisotopic (exact) mass is 459 g/mol. The Hall–Kier alpha value is -4.33. The molecular weight excluding hydrogens is 434 g/mol. The molecule has 0 saturated carbocycles. The topological polar surface area (TPSA) is 98.7 Å². The van der Waals surface area contributed by atoms with Crippen molar-refractivity contribution in [2.45, 2.75) is 26.5 Å². The van der Waals surface area contributed by atoms with Crippen molar-refractivity contribution in [1.29, 1.82) is 0 Å². The number of fused-ring (bicyclic) bond motifs is 2. The zero-order valence-corrected chi connectivity index (χ0v) is 19.1. The van der Waals surface area contributed by atoms with Crippen molar-refractivity contribution in [3.05, 3.63) is 82.5 Å². The number of nitrogens with zero attached hydrogens (tertiary/aromatic N) is 1. The molecule has 0 unspecified atom stereocenters. The third kappa shape index (κ3) is 4.56. The molecule has 0 aliphatic carbocycles. The van der Waals surface area contributed by atoms with E-state index in [1.807, 2.05) is 26.0 Å². The molecule has 0 fully saturated rings. The van der Waals surface area contributed by atoms with Gasteiger partial charge in [-0.2, -0.15) is 0 Å². The van der Waals surface area contributed by atoms with Gasteiger partial charge in [0.1, 0.15) is 6.54 Å². The number of amides is 2. The van der Waals surface area contributed by atoms with Crippen molar-refractivity contribution in [1.82, 2.24) is 15.4 Å². The van der Waals surface area contributed by atoms with Crippen molar-refractivity contribution in [3.8, 4) is 11.5 Å². The molecule has 0 saturated heterocycles. The van der Waals surface area contributed by atoms with Crippen molar-refractivity contribution >= 4 is 33.6 Å². The van der Waals surface area contributed by atoms with Gasteiger partial charge in [0.2, 0.25) is 0 Å². The largest absolute Gasteiger partial charge is 0.493 e. The third-order valence-electron chi connectivity index (χ3n) is 5.28. The Morgan fingerprint density at radius 3 is 2.09 bits per heavy atom. The van der Waals surface area contributed by atoms with Gasteiger partial charge >= 0.3 is 0 Å². The van der Waals surface area contributed by atoms with Crippen LogP contribution in [0.5, 0.6) is 11.5 Å². The lowest BCUT2D eigenvalue weighted by atomic mass is 10.1. The predicted octanol–water partition coefficient (Wildman–Crippen LogP) is 3.41. The van der Waals surface area contributed by atoms with Crippen LogP contribution in [0.2, 0.25) is 0 Å². The zero-order valence-electron chi connectivity index (χ0n) is 19.1. The van der Waals surface area contributed by atoms with Gasteiger partial charge in [0, 0.05) is 16.3 Å². The van der Waals surface area contributed by atoms with Crippen LogP contribution >= 0.6 is 0 Å². The highest BCUT2D eigenvalue weighted by atomic mass is 16.5. The quantitative estimate of drug-likeness (QED) is 0.340. The molecule has 0 spiro atoms. The number of carbonyl (C=O) groups excluding carboxylic acids is 2. The molecule has 1 aromatic heterocycles.